The molecule has 31 heavy (non-hydrogen) atoms. The van der Waals surface area contributed by atoms with Gasteiger partial charge in [-0.2, -0.15) is 0 Å². The fourth-order valence-electron chi connectivity index (χ4n) is 4.02. The summed E-state index contributed by atoms with van der Waals surface area (Å²) in [5.74, 6) is -0.454. The summed E-state index contributed by atoms with van der Waals surface area (Å²) >= 11 is 1.36. The second-order valence-corrected chi connectivity index (χ2v) is 9.06. The standard InChI is InChI=1S/C24H27N3O3S/c1-14-6-9-22(15(2)10-14)27(18(5)28)24-25-19(13-31-24)12-30-23(29)21-11-16(3)26(17(21)4)20-7-8-20/h6,9-11,13,20H,7-8,12H2,1-5H3. The van der Waals surface area contributed by atoms with Gasteiger partial charge in [0.1, 0.15) is 6.61 Å². The van der Waals surface area contributed by atoms with Gasteiger partial charge in [-0.25, -0.2) is 9.78 Å². The van der Waals surface area contributed by atoms with Crippen molar-refractivity contribution in [1.82, 2.24) is 9.55 Å². The first-order chi connectivity index (χ1) is 14.8. The van der Waals surface area contributed by atoms with Crippen LogP contribution in [0.2, 0.25) is 0 Å². The van der Waals surface area contributed by atoms with Crippen LogP contribution in [0.1, 0.15) is 64.4 Å². The van der Waals surface area contributed by atoms with E-state index in [4.69, 9.17) is 4.74 Å². The van der Waals surface area contributed by atoms with Crippen molar-refractivity contribution in [2.24, 2.45) is 0 Å². The number of esters is 1. The zero-order valence-corrected chi connectivity index (χ0v) is 19.4. The molecule has 162 valence electrons. The van der Waals surface area contributed by atoms with Gasteiger partial charge in [0.15, 0.2) is 5.13 Å². The zero-order valence-electron chi connectivity index (χ0n) is 18.6. The quantitative estimate of drug-likeness (QED) is 0.474. The second kappa shape index (κ2) is 8.30. The molecule has 7 heteroatoms. The van der Waals surface area contributed by atoms with Crippen molar-refractivity contribution in [3.05, 3.63) is 63.4 Å². The molecule has 2 heterocycles. The van der Waals surface area contributed by atoms with Crippen LogP contribution in [0.25, 0.3) is 0 Å². The Bertz CT molecular complexity index is 1160. The summed E-state index contributed by atoms with van der Waals surface area (Å²) in [6, 6.07) is 8.38. The predicted molar refractivity (Wildman–Crippen MR) is 122 cm³/mol. The lowest BCUT2D eigenvalue weighted by molar-refractivity contribution is -0.115. The molecule has 0 N–H and O–H groups in total. The Hall–Kier alpha value is -2.93. The number of carbonyl (C=O) groups excluding carboxylic acids is 2. The van der Waals surface area contributed by atoms with Crippen LogP contribution in [-0.4, -0.2) is 21.4 Å². The van der Waals surface area contributed by atoms with Crippen LogP contribution >= 0.6 is 11.3 Å². The average molecular weight is 438 g/mol. The van der Waals surface area contributed by atoms with Crippen LogP contribution in [-0.2, 0) is 16.1 Å². The first kappa shape index (κ1) is 21.3. The number of aryl methyl sites for hydroxylation is 3. The Kier molecular flexibility index (Phi) is 5.71. The number of anilines is 2. The first-order valence-corrected chi connectivity index (χ1v) is 11.3. The van der Waals surface area contributed by atoms with Gasteiger partial charge in [-0.1, -0.05) is 17.7 Å². The minimum absolute atomic E-state index is 0.0705. The summed E-state index contributed by atoms with van der Waals surface area (Å²) in [7, 11) is 0. The molecule has 0 bridgehead atoms. The van der Waals surface area contributed by atoms with Crippen molar-refractivity contribution in [3.63, 3.8) is 0 Å². The highest BCUT2D eigenvalue weighted by Crippen LogP contribution is 2.38. The number of ether oxygens (including phenoxy) is 1. The molecule has 4 rings (SSSR count). The molecule has 0 atom stereocenters. The molecular weight excluding hydrogens is 410 g/mol. The van der Waals surface area contributed by atoms with Gasteiger partial charge in [-0.3, -0.25) is 9.69 Å². The topological polar surface area (TPSA) is 64.4 Å². The summed E-state index contributed by atoms with van der Waals surface area (Å²) in [6.07, 6.45) is 2.33. The van der Waals surface area contributed by atoms with Crippen LogP contribution < -0.4 is 4.90 Å². The lowest BCUT2D eigenvalue weighted by atomic mass is 10.1. The fraction of sp³-hybridized carbons (Fsp3) is 0.375. The van der Waals surface area contributed by atoms with Crippen molar-refractivity contribution < 1.29 is 14.3 Å². The van der Waals surface area contributed by atoms with Crippen LogP contribution in [0, 0.1) is 27.7 Å². The lowest BCUT2D eigenvalue weighted by Crippen LogP contribution is -2.23. The maximum Gasteiger partial charge on any atom is 0.340 e. The number of hydrogen-bond donors (Lipinski definition) is 0. The molecule has 6 nitrogen and oxygen atoms in total. The highest BCUT2D eigenvalue weighted by Gasteiger charge is 2.29. The Balaban J connectivity index is 1.49. The van der Waals surface area contributed by atoms with Crippen LogP contribution in [0.3, 0.4) is 0 Å². The Morgan fingerprint density at radius 1 is 1.19 bits per heavy atom. The smallest absolute Gasteiger partial charge is 0.340 e. The number of carbonyl (C=O) groups is 2. The average Bonchev–Trinajstić information content (AvgIpc) is 3.34. The predicted octanol–water partition coefficient (Wildman–Crippen LogP) is 5.55. The minimum Gasteiger partial charge on any atom is -0.455 e. The Labute approximate surface area is 186 Å². The van der Waals surface area contributed by atoms with Crippen molar-refractivity contribution >= 4 is 34.0 Å². The van der Waals surface area contributed by atoms with Gasteiger partial charge in [0.25, 0.3) is 0 Å². The molecule has 0 spiro atoms. The normalized spacial score (nSPS) is 13.3. The van der Waals surface area contributed by atoms with Gasteiger partial charge in [0.05, 0.1) is 16.9 Å². The lowest BCUT2D eigenvalue weighted by Gasteiger charge is -2.20. The summed E-state index contributed by atoms with van der Waals surface area (Å²) in [5.41, 5.74) is 6.24. The first-order valence-electron chi connectivity index (χ1n) is 10.4. The highest BCUT2D eigenvalue weighted by atomic mass is 32.1. The van der Waals surface area contributed by atoms with E-state index >= 15 is 0 Å². The van der Waals surface area contributed by atoms with E-state index in [2.05, 4.69) is 9.55 Å². The molecule has 1 aromatic carbocycles. The van der Waals surface area contributed by atoms with Gasteiger partial charge >= 0.3 is 5.97 Å². The third kappa shape index (κ3) is 4.28. The molecule has 1 fully saturated rings. The zero-order chi connectivity index (χ0) is 22.3. The van der Waals surface area contributed by atoms with Gasteiger partial charge in [0, 0.05) is 29.7 Å². The SMILES string of the molecule is CC(=O)N(c1nc(COC(=O)c2cc(C)n(C3CC3)c2C)cs1)c1ccc(C)cc1C. The number of hydrogen-bond acceptors (Lipinski definition) is 5. The van der Waals surface area contributed by atoms with Gasteiger partial charge < -0.3 is 9.30 Å². The van der Waals surface area contributed by atoms with E-state index in [0.29, 0.717) is 22.4 Å². The summed E-state index contributed by atoms with van der Waals surface area (Å²) < 4.78 is 7.78. The van der Waals surface area contributed by atoms with E-state index in [1.165, 1.54) is 31.1 Å². The van der Waals surface area contributed by atoms with E-state index in [1.54, 1.807) is 4.90 Å². The highest BCUT2D eigenvalue weighted by molar-refractivity contribution is 7.14. The maximum absolute atomic E-state index is 12.7. The van der Waals surface area contributed by atoms with E-state index in [1.807, 2.05) is 57.3 Å². The van der Waals surface area contributed by atoms with Gasteiger partial charge in [-0.05, 0) is 58.2 Å². The van der Waals surface area contributed by atoms with Crippen LogP contribution in [0.5, 0.6) is 0 Å². The summed E-state index contributed by atoms with van der Waals surface area (Å²) in [6.45, 7) is 9.59. The number of rotatable bonds is 6. The third-order valence-electron chi connectivity index (χ3n) is 5.61. The molecule has 1 aliphatic rings. The number of aromatic nitrogens is 2. The van der Waals surface area contributed by atoms with Gasteiger partial charge in [-0.15, -0.1) is 11.3 Å². The van der Waals surface area contributed by atoms with Crippen LogP contribution in [0.15, 0.2) is 29.6 Å². The Morgan fingerprint density at radius 2 is 1.94 bits per heavy atom. The molecule has 1 aliphatic carbocycles. The summed E-state index contributed by atoms with van der Waals surface area (Å²) in [4.78, 5) is 31.2. The molecule has 3 aromatic rings. The van der Waals surface area contributed by atoms with Crippen molar-refractivity contribution in [2.75, 3.05) is 4.90 Å². The maximum atomic E-state index is 12.7. The minimum atomic E-state index is -0.340. The molecule has 1 amide bonds. The molecular formula is C24H27N3O3S. The van der Waals surface area contributed by atoms with Crippen LogP contribution in [0.4, 0.5) is 10.8 Å². The van der Waals surface area contributed by atoms with E-state index in [9.17, 15) is 9.59 Å². The molecule has 0 radical (unpaired) electrons. The molecule has 0 saturated heterocycles. The van der Waals surface area contributed by atoms with E-state index < -0.39 is 0 Å². The van der Waals surface area contributed by atoms with Crippen molar-refractivity contribution in [2.45, 2.75) is 60.1 Å². The molecule has 0 aliphatic heterocycles. The number of thiazole rings is 1. The molecule has 2 aromatic heterocycles. The molecule has 1 saturated carbocycles. The van der Waals surface area contributed by atoms with E-state index in [-0.39, 0.29) is 18.5 Å². The second-order valence-electron chi connectivity index (χ2n) is 8.23. The van der Waals surface area contributed by atoms with Crippen molar-refractivity contribution in [1.29, 1.82) is 0 Å². The largest absolute Gasteiger partial charge is 0.455 e. The summed E-state index contributed by atoms with van der Waals surface area (Å²) in [5, 5.41) is 2.40. The van der Waals surface area contributed by atoms with Gasteiger partial charge in [0.2, 0.25) is 5.91 Å². The Morgan fingerprint density at radius 3 is 2.58 bits per heavy atom. The number of amides is 1. The van der Waals surface area contributed by atoms with Crippen molar-refractivity contribution in [3.8, 4) is 0 Å². The third-order valence-corrected chi connectivity index (χ3v) is 6.48. The van der Waals surface area contributed by atoms with E-state index in [0.717, 1.165) is 28.2 Å². The number of nitrogens with zero attached hydrogens (tertiary/aromatic N) is 3. The number of benzene rings is 1. The monoisotopic (exact) mass is 437 g/mol. The molecule has 0 unspecified atom stereocenters. The fourth-order valence-corrected chi connectivity index (χ4v) is 4.89.